The van der Waals surface area contributed by atoms with Crippen molar-refractivity contribution < 1.29 is 19.0 Å². The minimum atomic E-state index is -0.410. The number of hydrogen-bond acceptors (Lipinski definition) is 3. The molecule has 2 rings (SSSR count). The normalized spacial score (nSPS) is 10.3. The fourth-order valence-corrected chi connectivity index (χ4v) is 1.70. The van der Waals surface area contributed by atoms with Gasteiger partial charge >= 0.3 is 0 Å². The van der Waals surface area contributed by atoms with Crippen molar-refractivity contribution in [2.45, 2.75) is 13.2 Å². The van der Waals surface area contributed by atoms with Crippen LogP contribution in [0.15, 0.2) is 42.5 Å². The molecule has 0 atom stereocenters. The molecular formula is C15H15FO3. The summed E-state index contributed by atoms with van der Waals surface area (Å²) in [6.45, 7) is 0.226. The zero-order chi connectivity index (χ0) is 13.7. The highest BCUT2D eigenvalue weighted by Gasteiger charge is 2.04. The number of aliphatic hydroxyl groups is 1. The minimum absolute atomic E-state index is 0.0334. The second-order valence-electron chi connectivity index (χ2n) is 4.06. The number of aliphatic hydroxyl groups excluding tert-OH is 1. The predicted octanol–water partition coefficient (Wildman–Crippen LogP) is 2.91. The van der Waals surface area contributed by atoms with Crippen LogP contribution in [0, 0.1) is 5.82 Å². The first-order valence-corrected chi connectivity index (χ1v) is 5.88. The van der Waals surface area contributed by atoms with Crippen molar-refractivity contribution in [3.63, 3.8) is 0 Å². The van der Waals surface area contributed by atoms with Crippen molar-refractivity contribution in [2.75, 3.05) is 7.11 Å². The van der Waals surface area contributed by atoms with Crippen molar-refractivity contribution >= 4 is 0 Å². The second-order valence-corrected chi connectivity index (χ2v) is 4.06. The van der Waals surface area contributed by atoms with Crippen LogP contribution >= 0.6 is 0 Å². The molecule has 1 N–H and O–H groups in total. The molecule has 0 saturated carbocycles. The molecule has 0 spiro atoms. The summed E-state index contributed by atoms with van der Waals surface area (Å²) >= 11 is 0. The van der Waals surface area contributed by atoms with E-state index in [-0.39, 0.29) is 19.0 Å². The van der Waals surface area contributed by atoms with Gasteiger partial charge in [-0.15, -0.1) is 0 Å². The van der Waals surface area contributed by atoms with Gasteiger partial charge in [0.15, 0.2) is 11.6 Å². The molecule has 19 heavy (non-hydrogen) atoms. The molecule has 4 heteroatoms. The molecule has 0 aliphatic heterocycles. The van der Waals surface area contributed by atoms with Crippen LogP contribution in [0.5, 0.6) is 11.5 Å². The summed E-state index contributed by atoms with van der Waals surface area (Å²) < 4.78 is 23.9. The van der Waals surface area contributed by atoms with Gasteiger partial charge in [-0.3, -0.25) is 0 Å². The van der Waals surface area contributed by atoms with Gasteiger partial charge in [0.05, 0.1) is 13.7 Å². The number of rotatable bonds is 5. The topological polar surface area (TPSA) is 38.7 Å². The van der Waals surface area contributed by atoms with Crippen molar-refractivity contribution in [1.82, 2.24) is 0 Å². The maximum Gasteiger partial charge on any atom is 0.165 e. The Labute approximate surface area is 111 Å². The summed E-state index contributed by atoms with van der Waals surface area (Å²) in [5.41, 5.74) is 1.49. The van der Waals surface area contributed by atoms with Gasteiger partial charge in [-0.25, -0.2) is 4.39 Å². The summed E-state index contributed by atoms with van der Waals surface area (Å²) in [5.74, 6) is 0.446. The van der Waals surface area contributed by atoms with E-state index in [2.05, 4.69) is 0 Å². The Morgan fingerprint density at radius 3 is 2.63 bits per heavy atom. The van der Waals surface area contributed by atoms with Gasteiger partial charge in [-0.05, 0) is 35.4 Å². The van der Waals surface area contributed by atoms with E-state index in [0.29, 0.717) is 11.3 Å². The largest absolute Gasteiger partial charge is 0.494 e. The molecular weight excluding hydrogens is 247 g/mol. The third-order valence-electron chi connectivity index (χ3n) is 2.70. The summed E-state index contributed by atoms with van der Waals surface area (Å²) in [4.78, 5) is 0. The Hall–Kier alpha value is -2.07. The van der Waals surface area contributed by atoms with E-state index < -0.39 is 5.82 Å². The van der Waals surface area contributed by atoms with E-state index in [0.717, 1.165) is 5.56 Å². The van der Waals surface area contributed by atoms with E-state index in [1.807, 2.05) is 0 Å². The van der Waals surface area contributed by atoms with Crippen LogP contribution in [-0.4, -0.2) is 12.2 Å². The third-order valence-corrected chi connectivity index (χ3v) is 2.70. The lowest BCUT2D eigenvalue weighted by atomic mass is 10.2. The monoisotopic (exact) mass is 262 g/mol. The summed E-state index contributed by atoms with van der Waals surface area (Å²) in [6, 6.07) is 11.8. The highest BCUT2D eigenvalue weighted by Crippen LogP contribution is 2.20. The van der Waals surface area contributed by atoms with Crippen LogP contribution in [0.2, 0.25) is 0 Å². The summed E-state index contributed by atoms with van der Waals surface area (Å²) in [6.07, 6.45) is 0. The molecule has 0 heterocycles. The fraction of sp³-hybridized carbons (Fsp3) is 0.200. The Kier molecular flexibility index (Phi) is 4.36. The van der Waals surface area contributed by atoms with Gasteiger partial charge in [0.25, 0.3) is 0 Å². The Morgan fingerprint density at radius 1 is 1.11 bits per heavy atom. The number of ether oxygens (including phenoxy) is 2. The van der Waals surface area contributed by atoms with Crippen LogP contribution in [0.1, 0.15) is 11.1 Å². The van der Waals surface area contributed by atoms with Crippen LogP contribution in [-0.2, 0) is 13.2 Å². The summed E-state index contributed by atoms with van der Waals surface area (Å²) in [7, 11) is 1.43. The smallest absolute Gasteiger partial charge is 0.165 e. The van der Waals surface area contributed by atoms with Crippen molar-refractivity contribution in [2.24, 2.45) is 0 Å². The molecule has 0 aliphatic rings. The fourth-order valence-electron chi connectivity index (χ4n) is 1.70. The minimum Gasteiger partial charge on any atom is -0.494 e. The van der Waals surface area contributed by atoms with Gasteiger partial charge < -0.3 is 14.6 Å². The van der Waals surface area contributed by atoms with Gasteiger partial charge in [0, 0.05) is 0 Å². The van der Waals surface area contributed by atoms with Crippen LogP contribution in [0.4, 0.5) is 4.39 Å². The lowest BCUT2D eigenvalue weighted by Gasteiger charge is -2.08. The van der Waals surface area contributed by atoms with Crippen molar-refractivity contribution in [1.29, 1.82) is 0 Å². The molecule has 0 aliphatic carbocycles. The predicted molar refractivity (Wildman–Crippen MR) is 69.6 cm³/mol. The number of methoxy groups -OCH3 is 1. The molecule has 100 valence electrons. The van der Waals surface area contributed by atoms with E-state index in [9.17, 15) is 4.39 Å². The van der Waals surface area contributed by atoms with E-state index >= 15 is 0 Å². The zero-order valence-electron chi connectivity index (χ0n) is 10.6. The molecule has 0 saturated heterocycles. The first-order valence-electron chi connectivity index (χ1n) is 5.88. The first-order chi connectivity index (χ1) is 9.22. The van der Waals surface area contributed by atoms with Crippen LogP contribution in [0.3, 0.4) is 0 Å². The van der Waals surface area contributed by atoms with Crippen LogP contribution < -0.4 is 9.47 Å². The molecule has 2 aromatic rings. The zero-order valence-corrected chi connectivity index (χ0v) is 10.6. The van der Waals surface area contributed by atoms with Gasteiger partial charge in [-0.1, -0.05) is 18.2 Å². The average Bonchev–Trinajstić information content (AvgIpc) is 2.45. The SMILES string of the molecule is COc1ccc(COc2cccc(CO)c2)cc1F. The Bertz CT molecular complexity index is 555. The molecule has 0 fully saturated rings. The second kappa shape index (κ2) is 6.20. The molecule has 2 aromatic carbocycles. The van der Waals surface area contributed by atoms with Crippen molar-refractivity contribution in [3.8, 4) is 11.5 Å². The Morgan fingerprint density at radius 2 is 1.95 bits per heavy atom. The first kappa shape index (κ1) is 13.4. The quantitative estimate of drug-likeness (QED) is 0.900. The van der Waals surface area contributed by atoms with E-state index in [4.69, 9.17) is 14.6 Å². The molecule has 0 radical (unpaired) electrons. The standard InChI is InChI=1S/C15H15FO3/c1-18-15-6-5-12(8-14(15)16)10-19-13-4-2-3-11(7-13)9-17/h2-8,17H,9-10H2,1H3. The maximum atomic E-state index is 13.5. The van der Waals surface area contributed by atoms with Crippen LogP contribution in [0.25, 0.3) is 0 Å². The maximum absolute atomic E-state index is 13.5. The molecule has 0 bridgehead atoms. The average molecular weight is 262 g/mol. The molecule has 3 nitrogen and oxygen atoms in total. The Balaban J connectivity index is 2.03. The lowest BCUT2D eigenvalue weighted by Crippen LogP contribution is -1.98. The van der Waals surface area contributed by atoms with Crippen molar-refractivity contribution in [3.05, 3.63) is 59.4 Å². The van der Waals surface area contributed by atoms with E-state index in [1.54, 1.807) is 36.4 Å². The highest BCUT2D eigenvalue weighted by molar-refractivity contribution is 5.31. The molecule has 0 amide bonds. The number of halogens is 1. The summed E-state index contributed by atoms with van der Waals surface area (Å²) in [5, 5.41) is 9.02. The molecule has 0 aromatic heterocycles. The van der Waals surface area contributed by atoms with Gasteiger partial charge in [0.1, 0.15) is 12.4 Å². The number of hydrogen-bond donors (Lipinski definition) is 1. The highest BCUT2D eigenvalue weighted by atomic mass is 19.1. The molecule has 0 unspecified atom stereocenters. The van der Waals surface area contributed by atoms with Gasteiger partial charge in [0.2, 0.25) is 0 Å². The van der Waals surface area contributed by atoms with E-state index in [1.165, 1.54) is 13.2 Å². The lowest BCUT2D eigenvalue weighted by molar-refractivity contribution is 0.278. The number of benzene rings is 2. The third kappa shape index (κ3) is 3.45. The van der Waals surface area contributed by atoms with Gasteiger partial charge in [-0.2, -0.15) is 0 Å².